The molecule has 0 radical (unpaired) electrons. The largest absolute Gasteiger partial charge is 0.368 e. The van der Waals surface area contributed by atoms with E-state index in [1.165, 1.54) is 12.8 Å². The molecule has 1 amide bonds. The quantitative estimate of drug-likeness (QED) is 0.674. The first-order valence-electron chi connectivity index (χ1n) is 4.64. The van der Waals surface area contributed by atoms with Crippen molar-refractivity contribution in [3.8, 4) is 0 Å². The van der Waals surface area contributed by atoms with Gasteiger partial charge in [0.1, 0.15) is 0 Å². The second-order valence-electron chi connectivity index (χ2n) is 3.75. The van der Waals surface area contributed by atoms with Crippen molar-refractivity contribution in [1.29, 1.82) is 0 Å². The highest BCUT2D eigenvalue weighted by Gasteiger charge is 2.32. The molecule has 1 heterocycles. The highest BCUT2D eigenvalue weighted by molar-refractivity contribution is 5.80. The maximum Gasteiger partial charge on any atom is 0.234 e. The zero-order valence-electron chi connectivity index (χ0n) is 7.92. The highest BCUT2D eigenvalue weighted by atomic mass is 16.1. The summed E-state index contributed by atoms with van der Waals surface area (Å²) in [6, 6.07) is -0.0125. The molecule has 0 unspecified atom stereocenters. The summed E-state index contributed by atoms with van der Waals surface area (Å²) in [7, 11) is 1.98. The topological polar surface area (TPSA) is 46.3 Å². The van der Waals surface area contributed by atoms with Crippen LogP contribution in [0.2, 0.25) is 0 Å². The Morgan fingerprint density at radius 3 is 2.75 bits per heavy atom. The number of carbonyl (C=O) groups excluding carboxylic acids is 1. The fourth-order valence-electron chi connectivity index (χ4n) is 2.06. The van der Waals surface area contributed by atoms with Crippen LogP contribution in [0.25, 0.3) is 0 Å². The minimum Gasteiger partial charge on any atom is -0.368 e. The fraction of sp³-hybridized carbons (Fsp3) is 0.889. The van der Waals surface area contributed by atoms with E-state index in [2.05, 4.69) is 11.8 Å². The number of rotatable bonds is 3. The van der Waals surface area contributed by atoms with Gasteiger partial charge < -0.3 is 5.73 Å². The number of hydrogen-bond acceptors (Lipinski definition) is 2. The lowest BCUT2D eigenvalue weighted by molar-refractivity contribution is -0.121. The van der Waals surface area contributed by atoms with Crippen LogP contribution in [0.3, 0.4) is 0 Å². The van der Waals surface area contributed by atoms with Gasteiger partial charge in [-0.25, -0.2) is 0 Å². The van der Waals surface area contributed by atoms with Crippen molar-refractivity contribution in [3.05, 3.63) is 0 Å². The van der Waals surface area contributed by atoms with E-state index in [-0.39, 0.29) is 11.9 Å². The van der Waals surface area contributed by atoms with Gasteiger partial charge in [-0.15, -0.1) is 0 Å². The molecule has 3 heteroatoms. The lowest BCUT2D eigenvalue weighted by Gasteiger charge is -2.14. The molecule has 2 N–H and O–H groups in total. The molecule has 0 aromatic carbocycles. The van der Waals surface area contributed by atoms with Gasteiger partial charge in [0.15, 0.2) is 0 Å². The van der Waals surface area contributed by atoms with Crippen molar-refractivity contribution < 1.29 is 4.79 Å². The van der Waals surface area contributed by atoms with Gasteiger partial charge in [0.25, 0.3) is 0 Å². The molecule has 0 bridgehead atoms. The van der Waals surface area contributed by atoms with E-state index in [0.717, 1.165) is 13.0 Å². The molecule has 0 aromatic rings. The molecule has 0 aliphatic carbocycles. The Balaban J connectivity index is 2.44. The van der Waals surface area contributed by atoms with Crippen molar-refractivity contribution in [3.63, 3.8) is 0 Å². The van der Waals surface area contributed by atoms with Gasteiger partial charge in [-0.3, -0.25) is 9.69 Å². The van der Waals surface area contributed by atoms with Crippen molar-refractivity contribution in [2.45, 2.75) is 32.2 Å². The Hall–Kier alpha value is -0.570. The molecule has 1 fully saturated rings. The molecule has 0 aromatic heterocycles. The Morgan fingerprint density at radius 2 is 2.33 bits per heavy atom. The standard InChI is InChI=1S/C9H18N2O/c1-3-4-7-5-8(9(10)12)11(2)6-7/h7-8H,3-6H2,1-2H3,(H2,10,12)/t7-,8-/m0/s1. The maximum absolute atomic E-state index is 10.9. The summed E-state index contributed by atoms with van der Waals surface area (Å²) >= 11 is 0. The number of carbonyl (C=O) groups is 1. The monoisotopic (exact) mass is 170 g/mol. The van der Waals surface area contributed by atoms with Crippen LogP contribution in [-0.2, 0) is 4.79 Å². The third kappa shape index (κ3) is 1.97. The van der Waals surface area contributed by atoms with Crippen LogP contribution in [-0.4, -0.2) is 30.4 Å². The first kappa shape index (κ1) is 9.52. The van der Waals surface area contributed by atoms with E-state index >= 15 is 0 Å². The minimum absolute atomic E-state index is 0.0125. The predicted octanol–water partition coefficient (Wildman–Crippen LogP) is 0.592. The minimum atomic E-state index is -0.170. The average molecular weight is 170 g/mol. The Morgan fingerprint density at radius 1 is 1.67 bits per heavy atom. The van der Waals surface area contributed by atoms with E-state index in [1.54, 1.807) is 0 Å². The van der Waals surface area contributed by atoms with E-state index in [0.29, 0.717) is 5.92 Å². The molecule has 1 aliphatic rings. The SMILES string of the molecule is CCC[C@H]1C[C@@H](C(N)=O)N(C)C1. The van der Waals surface area contributed by atoms with Crippen LogP contribution < -0.4 is 5.73 Å². The third-order valence-corrected chi connectivity index (χ3v) is 2.66. The first-order chi connectivity index (χ1) is 5.65. The van der Waals surface area contributed by atoms with Crippen molar-refractivity contribution in [2.75, 3.05) is 13.6 Å². The van der Waals surface area contributed by atoms with Gasteiger partial charge in [0.05, 0.1) is 6.04 Å². The summed E-state index contributed by atoms with van der Waals surface area (Å²) in [6.07, 6.45) is 3.37. The number of nitrogens with two attached hydrogens (primary N) is 1. The maximum atomic E-state index is 10.9. The van der Waals surface area contributed by atoms with E-state index in [9.17, 15) is 4.79 Å². The predicted molar refractivity (Wildman–Crippen MR) is 48.6 cm³/mol. The smallest absolute Gasteiger partial charge is 0.234 e. The van der Waals surface area contributed by atoms with Gasteiger partial charge in [-0.1, -0.05) is 13.3 Å². The Bertz CT molecular complexity index is 170. The summed E-state index contributed by atoms with van der Waals surface area (Å²) < 4.78 is 0. The molecule has 12 heavy (non-hydrogen) atoms. The van der Waals surface area contributed by atoms with E-state index in [4.69, 9.17) is 5.73 Å². The van der Waals surface area contributed by atoms with Crippen LogP contribution in [0, 0.1) is 5.92 Å². The molecule has 0 saturated carbocycles. The van der Waals surface area contributed by atoms with E-state index < -0.39 is 0 Å². The molecule has 1 saturated heterocycles. The summed E-state index contributed by atoms with van der Waals surface area (Å²) in [6.45, 7) is 3.21. The van der Waals surface area contributed by atoms with Crippen molar-refractivity contribution >= 4 is 5.91 Å². The van der Waals surface area contributed by atoms with Gasteiger partial charge in [0.2, 0.25) is 5.91 Å². The van der Waals surface area contributed by atoms with Crippen molar-refractivity contribution in [1.82, 2.24) is 4.90 Å². The van der Waals surface area contributed by atoms with Crippen molar-refractivity contribution in [2.24, 2.45) is 11.7 Å². The molecule has 0 spiro atoms. The van der Waals surface area contributed by atoms with Crippen LogP contribution in [0.1, 0.15) is 26.2 Å². The van der Waals surface area contributed by atoms with Crippen LogP contribution in [0.4, 0.5) is 0 Å². The number of hydrogen-bond donors (Lipinski definition) is 1. The summed E-state index contributed by atoms with van der Waals surface area (Å²) in [5, 5.41) is 0. The average Bonchev–Trinajstić information content (AvgIpc) is 2.32. The Kier molecular flexibility index (Phi) is 3.09. The number of likely N-dealkylation sites (N-methyl/N-ethyl adjacent to an activating group) is 1. The number of likely N-dealkylation sites (tertiary alicyclic amines) is 1. The highest BCUT2D eigenvalue weighted by Crippen LogP contribution is 2.24. The van der Waals surface area contributed by atoms with Gasteiger partial charge in [0, 0.05) is 6.54 Å². The second-order valence-corrected chi connectivity index (χ2v) is 3.75. The van der Waals surface area contributed by atoms with Gasteiger partial charge >= 0.3 is 0 Å². The molecule has 70 valence electrons. The zero-order valence-corrected chi connectivity index (χ0v) is 7.92. The second kappa shape index (κ2) is 3.90. The number of amides is 1. The van der Waals surface area contributed by atoms with Gasteiger partial charge in [-0.2, -0.15) is 0 Å². The molecule has 2 atom stereocenters. The molecule has 1 aliphatic heterocycles. The van der Waals surface area contributed by atoms with Crippen LogP contribution in [0.5, 0.6) is 0 Å². The first-order valence-corrected chi connectivity index (χ1v) is 4.64. The lowest BCUT2D eigenvalue weighted by atomic mass is 10.0. The third-order valence-electron chi connectivity index (χ3n) is 2.66. The van der Waals surface area contributed by atoms with Crippen LogP contribution >= 0.6 is 0 Å². The van der Waals surface area contributed by atoms with E-state index in [1.807, 2.05) is 7.05 Å². The fourth-order valence-corrected chi connectivity index (χ4v) is 2.06. The van der Waals surface area contributed by atoms with Crippen LogP contribution in [0.15, 0.2) is 0 Å². The summed E-state index contributed by atoms with van der Waals surface area (Å²) in [5.41, 5.74) is 5.27. The molecular weight excluding hydrogens is 152 g/mol. The normalized spacial score (nSPS) is 30.8. The molecule has 3 nitrogen and oxygen atoms in total. The lowest BCUT2D eigenvalue weighted by Crippen LogP contribution is -2.37. The number of primary amides is 1. The molecular formula is C9H18N2O. The summed E-state index contributed by atoms with van der Waals surface area (Å²) in [5.74, 6) is 0.508. The Labute approximate surface area is 73.9 Å². The summed E-state index contributed by atoms with van der Waals surface area (Å²) in [4.78, 5) is 13.0. The zero-order chi connectivity index (χ0) is 9.14. The molecule has 1 rings (SSSR count). The number of nitrogens with zero attached hydrogens (tertiary/aromatic N) is 1. The van der Waals surface area contributed by atoms with Gasteiger partial charge in [-0.05, 0) is 25.8 Å².